The Bertz CT molecular complexity index is 913. The summed E-state index contributed by atoms with van der Waals surface area (Å²) in [6, 6.07) is 3.70. The van der Waals surface area contributed by atoms with E-state index in [1.165, 1.54) is 0 Å². The number of benzene rings is 1. The van der Waals surface area contributed by atoms with Gasteiger partial charge in [-0.1, -0.05) is 5.16 Å². The van der Waals surface area contributed by atoms with Crippen molar-refractivity contribution in [2.75, 3.05) is 13.2 Å². The number of hydrogen-bond donors (Lipinski definition) is 0. The molecule has 3 aromatic rings. The summed E-state index contributed by atoms with van der Waals surface area (Å²) >= 11 is 0. The van der Waals surface area contributed by atoms with Crippen LogP contribution in [0.3, 0.4) is 0 Å². The molecule has 0 amide bonds. The van der Waals surface area contributed by atoms with E-state index < -0.39 is 18.1 Å². The fourth-order valence-electron chi connectivity index (χ4n) is 2.38. The highest BCUT2D eigenvalue weighted by Gasteiger charge is 2.37. The van der Waals surface area contributed by atoms with Gasteiger partial charge in [0.1, 0.15) is 19.0 Å². The van der Waals surface area contributed by atoms with Gasteiger partial charge in [0.2, 0.25) is 11.7 Å². The molecule has 0 saturated carbocycles. The number of ether oxygens (including phenoxy) is 2. The average molecular weight is 384 g/mol. The molecule has 0 bridgehead atoms. The van der Waals surface area contributed by atoms with Crippen LogP contribution in [0, 0.1) is 20.8 Å². The normalized spacial score (nSPS) is 11.6. The number of aryl methyl sites for hydroxylation is 3. The van der Waals surface area contributed by atoms with Crippen molar-refractivity contribution in [1.29, 1.82) is 0 Å². The molecule has 2 aromatic heterocycles. The summed E-state index contributed by atoms with van der Waals surface area (Å²) in [5, 5.41) is 6.67. The molecular weight excluding hydrogens is 369 g/mol. The molecule has 0 N–H and O–H groups in total. The zero-order valence-corrected chi connectivity index (χ0v) is 14.6. The summed E-state index contributed by atoms with van der Waals surface area (Å²) in [5.74, 6) is 0.180. The highest BCUT2D eigenvalue weighted by atomic mass is 19.4. The highest BCUT2D eigenvalue weighted by Crippen LogP contribution is 2.29. The van der Waals surface area contributed by atoms with Crippen molar-refractivity contribution in [2.45, 2.75) is 26.9 Å². The van der Waals surface area contributed by atoms with Crippen molar-refractivity contribution in [3.05, 3.63) is 35.0 Å². The Labute approximate surface area is 151 Å². The molecule has 0 fully saturated rings. The van der Waals surface area contributed by atoms with Gasteiger partial charge in [-0.15, -0.1) is 4.98 Å². The van der Waals surface area contributed by atoms with Gasteiger partial charge in [-0.25, -0.2) is 0 Å². The summed E-state index contributed by atoms with van der Waals surface area (Å²) < 4.78 is 57.1. The lowest BCUT2D eigenvalue weighted by Crippen LogP contribution is -2.11. The Morgan fingerprint density at radius 3 is 2.15 bits per heavy atom. The molecular formula is C16H15F3N4O4. The molecule has 0 aliphatic heterocycles. The van der Waals surface area contributed by atoms with E-state index in [-0.39, 0.29) is 13.2 Å². The van der Waals surface area contributed by atoms with Gasteiger partial charge >= 0.3 is 12.3 Å². The Kier molecular flexibility index (Phi) is 5.02. The maximum atomic E-state index is 12.4. The molecule has 0 aliphatic rings. The highest BCUT2D eigenvalue weighted by molar-refractivity contribution is 5.60. The van der Waals surface area contributed by atoms with E-state index in [4.69, 9.17) is 14.0 Å². The average Bonchev–Trinajstić information content (AvgIpc) is 3.22. The Balaban J connectivity index is 1.59. The van der Waals surface area contributed by atoms with Gasteiger partial charge in [0.15, 0.2) is 0 Å². The summed E-state index contributed by atoms with van der Waals surface area (Å²) in [6.07, 6.45) is -5.25. The number of nitrogens with zero attached hydrogens (tertiary/aromatic N) is 4. The number of rotatable bonds is 6. The molecule has 0 unspecified atom stereocenters. The maximum Gasteiger partial charge on any atom is 0.455 e. The third-order valence-electron chi connectivity index (χ3n) is 3.46. The molecule has 11 heteroatoms. The molecule has 3 rings (SSSR count). The van der Waals surface area contributed by atoms with Crippen molar-refractivity contribution < 1.29 is 31.7 Å². The molecule has 0 radical (unpaired) electrons. The summed E-state index contributed by atoms with van der Waals surface area (Å²) in [5.41, 5.74) is 2.46. The van der Waals surface area contributed by atoms with Crippen molar-refractivity contribution >= 4 is 0 Å². The molecule has 0 saturated heterocycles. The Morgan fingerprint density at radius 1 is 0.926 bits per heavy atom. The van der Waals surface area contributed by atoms with Gasteiger partial charge in [0, 0.05) is 12.5 Å². The lowest BCUT2D eigenvalue weighted by atomic mass is 10.1. The molecule has 1 aromatic carbocycles. The number of aromatic nitrogens is 4. The van der Waals surface area contributed by atoms with Crippen LogP contribution in [0.25, 0.3) is 11.4 Å². The molecule has 144 valence electrons. The number of hydrogen-bond acceptors (Lipinski definition) is 8. The first-order valence-electron chi connectivity index (χ1n) is 7.82. The largest absolute Gasteiger partial charge is 0.489 e. The SMILES string of the molecule is Cc1nc(-c2cc(C)c(OCCOc3nc(C(F)(F)F)no3)c(C)c2)no1. The van der Waals surface area contributed by atoms with E-state index in [0.29, 0.717) is 17.5 Å². The van der Waals surface area contributed by atoms with Crippen molar-refractivity contribution in [3.8, 4) is 23.2 Å². The lowest BCUT2D eigenvalue weighted by Gasteiger charge is -2.13. The fourth-order valence-corrected chi connectivity index (χ4v) is 2.38. The molecule has 8 nitrogen and oxygen atoms in total. The minimum absolute atomic E-state index is 0.0653. The Morgan fingerprint density at radius 2 is 1.59 bits per heavy atom. The molecule has 0 spiro atoms. The topological polar surface area (TPSA) is 96.3 Å². The quantitative estimate of drug-likeness (QED) is 0.596. The molecule has 27 heavy (non-hydrogen) atoms. The van der Waals surface area contributed by atoms with Crippen LogP contribution in [-0.4, -0.2) is 33.5 Å². The second-order valence-corrected chi connectivity index (χ2v) is 5.65. The van der Waals surface area contributed by atoms with E-state index in [1.807, 2.05) is 26.0 Å². The second kappa shape index (κ2) is 7.25. The van der Waals surface area contributed by atoms with E-state index in [1.54, 1.807) is 6.92 Å². The first-order chi connectivity index (χ1) is 12.7. The van der Waals surface area contributed by atoms with E-state index in [2.05, 4.69) is 24.8 Å². The van der Waals surface area contributed by atoms with Crippen LogP contribution in [0.5, 0.6) is 11.8 Å². The predicted molar refractivity (Wildman–Crippen MR) is 84.2 cm³/mol. The van der Waals surface area contributed by atoms with E-state index >= 15 is 0 Å². The standard InChI is InChI=1S/C16H15F3N4O4/c1-8-6-11(13-20-10(3)26-22-13)7-9(2)12(8)24-4-5-25-15-21-14(23-27-15)16(17,18)19/h6-7H,4-5H2,1-3H3. The van der Waals surface area contributed by atoms with Crippen LogP contribution in [0.2, 0.25) is 0 Å². The smallest absolute Gasteiger partial charge is 0.455 e. The van der Waals surface area contributed by atoms with Gasteiger partial charge in [0.05, 0.1) is 0 Å². The van der Waals surface area contributed by atoms with Gasteiger partial charge in [-0.2, -0.15) is 18.2 Å². The third kappa shape index (κ3) is 4.36. The lowest BCUT2D eigenvalue weighted by molar-refractivity contribution is -0.146. The van der Waals surface area contributed by atoms with Crippen LogP contribution in [0.1, 0.15) is 22.8 Å². The monoisotopic (exact) mass is 384 g/mol. The van der Waals surface area contributed by atoms with Gasteiger partial charge in [-0.3, -0.25) is 4.52 Å². The van der Waals surface area contributed by atoms with E-state index in [9.17, 15) is 13.2 Å². The zero-order chi connectivity index (χ0) is 19.6. The maximum absolute atomic E-state index is 12.4. The van der Waals surface area contributed by atoms with Crippen LogP contribution in [0.4, 0.5) is 13.2 Å². The van der Waals surface area contributed by atoms with Crippen molar-refractivity contribution in [3.63, 3.8) is 0 Å². The third-order valence-corrected chi connectivity index (χ3v) is 3.46. The van der Waals surface area contributed by atoms with Crippen LogP contribution < -0.4 is 9.47 Å². The van der Waals surface area contributed by atoms with Crippen molar-refractivity contribution in [1.82, 2.24) is 20.3 Å². The second-order valence-electron chi connectivity index (χ2n) is 5.65. The Hall–Kier alpha value is -3.11. The fraction of sp³-hybridized carbons (Fsp3) is 0.375. The van der Waals surface area contributed by atoms with Gasteiger partial charge < -0.3 is 14.0 Å². The predicted octanol–water partition coefficient (Wildman–Crippen LogP) is 3.52. The first kappa shape index (κ1) is 18.7. The van der Waals surface area contributed by atoms with Crippen LogP contribution >= 0.6 is 0 Å². The molecule has 0 atom stereocenters. The van der Waals surface area contributed by atoms with Gasteiger partial charge in [0.25, 0.3) is 5.82 Å². The summed E-state index contributed by atoms with van der Waals surface area (Å²) in [4.78, 5) is 7.28. The minimum atomic E-state index is -4.69. The summed E-state index contributed by atoms with van der Waals surface area (Å²) in [7, 11) is 0. The zero-order valence-electron chi connectivity index (χ0n) is 14.6. The summed E-state index contributed by atoms with van der Waals surface area (Å²) in [6.45, 7) is 5.42. The molecule has 2 heterocycles. The van der Waals surface area contributed by atoms with Crippen LogP contribution in [0.15, 0.2) is 21.2 Å². The van der Waals surface area contributed by atoms with Crippen molar-refractivity contribution in [2.24, 2.45) is 0 Å². The van der Waals surface area contributed by atoms with E-state index in [0.717, 1.165) is 16.7 Å². The van der Waals surface area contributed by atoms with Gasteiger partial charge in [-0.05, 0) is 42.3 Å². The first-order valence-corrected chi connectivity index (χ1v) is 7.82. The van der Waals surface area contributed by atoms with Crippen LogP contribution in [-0.2, 0) is 6.18 Å². The minimum Gasteiger partial charge on any atom is -0.489 e. The number of alkyl halides is 3. The molecule has 0 aliphatic carbocycles. The number of halogens is 3.